The number of benzene rings is 1. The number of halogens is 1. The largest absolute Gasteiger partial charge is 0.387 e. The molecule has 0 heterocycles. The van der Waals surface area contributed by atoms with Crippen molar-refractivity contribution in [3.05, 3.63) is 35.4 Å². The van der Waals surface area contributed by atoms with Gasteiger partial charge in [-0.15, -0.1) is 0 Å². The molecule has 3 heteroatoms. The monoisotopic (exact) mass is 239 g/mol. The summed E-state index contributed by atoms with van der Waals surface area (Å²) < 4.78 is 0. The average molecular weight is 240 g/mol. The van der Waals surface area contributed by atoms with Gasteiger partial charge < -0.3 is 5.11 Å². The first-order chi connectivity index (χ1) is 6.15. The standard InChI is InChI=1S/C10H10BrNO/c1-7(11)10(13)9-4-2-3-8(5-9)6-12/h2-5,7,10,13H,1H3. The second-order valence-corrected chi connectivity index (χ2v) is 4.30. The topological polar surface area (TPSA) is 44.0 Å². The van der Waals surface area contributed by atoms with Crippen molar-refractivity contribution < 1.29 is 5.11 Å². The second-order valence-electron chi connectivity index (χ2n) is 2.86. The molecule has 13 heavy (non-hydrogen) atoms. The Morgan fingerprint density at radius 2 is 2.23 bits per heavy atom. The summed E-state index contributed by atoms with van der Waals surface area (Å²) in [6.45, 7) is 1.86. The van der Waals surface area contributed by atoms with Crippen LogP contribution in [0.2, 0.25) is 0 Å². The minimum absolute atomic E-state index is 0.0126. The lowest BCUT2D eigenvalue weighted by Crippen LogP contribution is -2.07. The number of hydrogen-bond donors (Lipinski definition) is 1. The number of nitriles is 1. The summed E-state index contributed by atoms with van der Waals surface area (Å²) in [6, 6.07) is 9.03. The van der Waals surface area contributed by atoms with Crippen LogP contribution in [0.4, 0.5) is 0 Å². The summed E-state index contributed by atoms with van der Waals surface area (Å²) in [5.74, 6) is 0. The molecule has 0 fully saturated rings. The summed E-state index contributed by atoms with van der Waals surface area (Å²) in [4.78, 5) is -0.0126. The van der Waals surface area contributed by atoms with E-state index in [4.69, 9.17) is 5.26 Å². The van der Waals surface area contributed by atoms with E-state index in [1.807, 2.05) is 19.1 Å². The lowest BCUT2D eigenvalue weighted by atomic mass is 10.1. The summed E-state index contributed by atoms with van der Waals surface area (Å²) in [7, 11) is 0. The van der Waals surface area contributed by atoms with Gasteiger partial charge in [-0.25, -0.2) is 0 Å². The first kappa shape index (κ1) is 10.2. The Bertz CT molecular complexity index is 330. The summed E-state index contributed by atoms with van der Waals surface area (Å²) >= 11 is 3.29. The highest BCUT2D eigenvalue weighted by molar-refractivity contribution is 9.09. The Morgan fingerprint density at radius 3 is 2.77 bits per heavy atom. The van der Waals surface area contributed by atoms with Gasteiger partial charge in [-0.05, 0) is 24.6 Å². The van der Waals surface area contributed by atoms with Crippen molar-refractivity contribution >= 4 is 15.9 Å². The van der Waals surface area contributed by atoms with Gasteiger partial charge in [0.25, 0.3) is 0 Å². The number of hydrogen-bond acceptors (Lipinski definition) is 2. The molecule has 0 aliphatic heterocycles. The van der Waals surface area contributed by atoms with Crippen LogP contribution in [0.5, 0.6) is 0 Å². The van der Waals surface area contributed by atoms with Gasteiger partial charge >= 0.3 is 0 Å². The highest BCUT2D eigenvalue weighted by Crippen LogP contribution is 2.22. The van der Waals surface area contributed by atoms with Crippen molar-refractivity contribution in [2.75, 3.05) is 0 Å². The Kier molecular flexibility index (Phi) is 3.47. The predicted octanol–water partition coefficient (Wildman–Crippen LogP) is 2.38. The Balaban J connectivity index is 2.96. The fourth-order valence-corrected chi connectivity index (χ4v) is 1.36. The van der Waals surface area contributed by atoms with E-state index < -0.39 is 6.10 Å². The zero-order chi connectivity index (χ0) is 9.84. The van der Waals surface area contributed by atoms with Crippen molar-refractivity contribution in [2.45, 2.75) is 17.9 Å². The fourth-order valence-electron chi connectivity index (χ4n) is 1.06. The molecule has 0 saturated carbocycles. The molecule has 68 valence electrons. The molecule has 2 unspecified atom stereocenters. The van der Waals surface area contributed by atoms with Crippen LogP contribution in [-0.4, -0.2) is 9.93 Å². The smallest absolute Gasteiger partial charge is 0.0991 e. The van der Waals surface area contributed by atoms with Gasteiger partial charge in [-0.1, -0.05) is 28.1 Å². The minimum atomic E-state index is -0.562. The van der Waals surface area contributed by atoms with E-state index in [2.05, 4.69) is 15.9 Å². The van der Waals surface area contributed by atoms with E-state index in [1.54, 1.807) is 18.2 Å². The Hall–Kier alpha value is -0.850. The van der Waals surface area contributed by atoms with Crippen LogP contribution in [-0.2, 0) is 0 Å². The number of aliphatic hydroxyl groups is 1. The third-order valence-corrected chi connectivity index (χ3v) is 2.29. The fraction of sp³-hybridized carbons (Fsp3) is 0.300. The van der Waals surface area contributed by atoms with Gasteiger partial charge in [0.1, 0.15) is 0 Å². The molecule has 2 nitrogen and oxygen atoms in total. The van der Waals surface area contributed by atoms with E-state index in [-0.39, 0.29) is 4.83 Å². The van der Waals surface area contributed by atoms with E-state index in [0.717, 1.165) is 5.56 Å². The average Bonchev–Trinajstić information content (AvgIpc) is 2.16. The van der Waals surface area contributed by atoms with Gasteiger partial charge in [0, 0.05) is 4.83 Å². The van der Waals surface area contributed by atoms with Gasteiger partial charge in [0.05, 0.1) is 17.7 Å². The third-order valence-electron chi connectivity index (χ3n) is 1.79. The van der Waals surface area contributed by atoms with Crippen molar-refractivity contribution in [2.24, 2.45) is 0 Å². The van der Waals surface area contributed by atoms with Crippen LogP contribution in [0.25, 0.3) is 0 Å². The van der Waals surface area contributed by atoms with Crippen LogP contribution < -0.4 is 0 Å². The minimum Gasteiger partial charge on any atom is -0.387 e. The molecule has 1 aromatic carbocycles. The van der Waals surface area contributed by atoms with E-state index >= 15 is 0 Å². The lowest BCUT2D eigenvalue weighted by molar-refractivity contribution is 0.181. The van der Waals surface area contributed by atoms with Gasteiger partial charge in [-0.3, -0.25) is 0 Å². The zero-order valence-electron chi connectivity index (χ0n) is 7.24. The number of nitrogens with zero attached hydrogens (tertiary/aromatic N) is 1. The third kappa shape index (κ3) is 2.55. The second kappa shape index (κ2) is 4.40. The molecule has 0 aliphatic rings. The van der Waals surface area contributed by atoms with Crippen LogP contribution in [0.3, 0.4) is 0 Å². The number of aliphatic hydroxyl groups excluding tert-OH is 1. The van der Waals surface area contributed by atoms with E-state index in [9.17, 15) is 5.11 Å². The predicted molar refractivity (Wildman–Crippen MR) is 54.5 cm³/mol. The number of rotatable bonds is 2. The molecule has 0 saturated heterocycles. The van der Waals surface area contributed by atoms with E-state index in [0.29, 0.717) is 5.56 Å². The van der Waals surface area contributed by atoms with Crippen molar-refractivity contribution in [1.29, 1.82) is 5.26 Å². The lowest BCUT2D eigenvalue weighted by Gasteiger charge is -2.13. The molecule has 2 atom stereocenters. The molecule has 0 aromatic heterocycles. The number of alkyl halides is 1. The van der Waals surface area contributed by atoms with Crippen LogP contribution in [0.1, 0.15) is 24.2 Å². The first-order valence-electron chi connectivity index (χ1n) is 3.97. The van der Waals surface area contributed by atoms with Crippen LogP contribution >= 0.6 is 15.9 Å². The van der Waals surface area contributed by atoms with Gasteiger partial charge in [0.2, 0.25) is 0 Å². The normalized spacial score (nSPS) is 14.6. The van der Waals surface area contributed by atoms with Crippen LogP contribution in [0.15, 0.2) is 24.3 Å². The Morgan fingerprint density at radius 1 is 1.54 bits per heavy atom. The Labute approximate surface area is 85.9 Å². The molecule has 0 bridgehead atoms. The molecule has 1 N–H and O–H groups in total. The van der Waals surface area contributed by atoms with Crippen molar-refractivity contribution in [1.82, 2.24) is 0 Å². The maximum absolute atomic E-state index is 9.66. The summed E-state index contributed by atoms with van der Waals surface area (Å²) in [6.07, 6.45) is -0.562. The molecular weight excluding hydrogens is 230 g/mol. The maximum atomic E-state index is 9.66. The maximum Gasteiger partial charge on any atom is 0.0991 e. The molecule has 0 aliphatic carbocycles. The molecule has 0 spiro atoms. The van der Waals surface area contributed by atoms with Crippen molar-refractivity contribution in [3.8, 4) is 6.07 Å². The molecular formula is C10H10BrNO. The van der Waals surface area contributed by atoms with Gasteiger partial charge in [0.15, 0.2) is 0 Å². The highest BCUT2D eigenvalue weighted by atomic mass is 79.9. The first-order valence-corrected chi connectivity index (χ1v) is 4.89. The highest BCUT2D eigenvalue weighted by Gasteiger charge is 2.13. The zero-order valence-corrected chi connectivity index (χ0v) is 8.82. The van der Waals surface area contributed by atoms with Gasteiger partial charge in [-0.2, -0.15) is 5.26 Å². The molecule has 1 rings (SSSR count). The van der Waals surface area contributed by atoms with Crippen LogP contribution in [0, 0.1) is 11.3 Å². The molecule has 0 amide bonds. The molecule has 0 radical (unpaired) electrons. The van der Waals surface area contributed by atoms with E-state index in [1.165, 1.54) is 0 Å². The quantitative estimate of drug-likeness (QED) is 0.806. The summed E-state index contributed by atoms with van der Waals surface area (Å²) in [5, 5.41) is 18.3. The summed E-state index contributed by atoms with van der Waals surface area (Å²) in [5.41, 5.74) is 1.34. The SMILES string of the molecule is CC(Br)C(O)c1cccc(C#N)c1. The van der Waals surface area contributed by atoms with Crippen molar-refractivity contribution in [3.63, 3.8) is 0 Å². The molecule has 1 aromatic rings.